The molecule has 3 heterocycles. The lowest BCUT2D eigenvalue weighted by molar-refractivity contribution is -0.113. The standard InChI is InChI=1S/C24H32N6O2S/c1-17-12-18(2)14-29(13-17)23-26-27-24(30(23)15-21-6-5-11-32-21)33-16-22(31)25-19-7-9-20(10-8-19)28(3)4/h5-11,17-18H,12-16H2,1-4H3,(H,25,31). The number of benzene rings is 1. The van der Waals surface area contributed by atoms with Crippen molar-refractivity contribution in [2.75, 3.05) is 48.1 Å². The zero-order chi connectivity index (χ0) is 23.4. The Kier molecular flexibility index (Phi) is 7.27. The quantitative estimate of drug-likeness (QED) is 0.496. The predicted molar refractivity (Wildman–Crippen MR) is 133 cm³/mol. The molecule has 33 heavy (non-hydrogen) atoms. The molecule has 0 aliphatic carbocycles. The maximum absolute atomic E-state index is 12.6. The summed E-state index contributed by atoms with van der Waals surface area (Å²) in [6, 6.07) is 11.6. The molecule has 0 saturated carbocycles. The van der Waals surface area contributed by atoms with Crippen LogP contribution in [0.1, 0.15) is 26.0 Å². The van der Waals surface area contributed by atoms with Crippen LogP contribution in [-0.4, -0.2) is 53.6 Å². The molecule has 2 aromatic heterocycles. The monoisotopic (exact) mass is 468 g/mol. The van der Waals surface area contributed by atoms with E-state index in [-0.39, 0.29) is 11.7 Å². The van der Waals surface area contributed by atoms with Gasteiger partial charge in [-0.15, -0.1) is 10.2 Å². The zero-order valence-electron chi connectivity index (χ0n) is 19.7. The van der Waals surface area contributed by atoms with Crippen LogP contribution >= 0.6 is 11.8 Å². The van der Waals surface area contributed by atoms with Crippen LogP contribution in [0.2, 0.25) is 0 Å². The second-order valence-electron chi connectivity index (χ2n) is 9.08. The highest BCUT2D eigenvalue weighted by molar-refractivity contribution is 7.99. The molecule has 2 atom stereocenters. The van der Waals surface area contributed by atoms with Crippen LogP contribution in [0.25, 0.3) is 0 Å². The maximum Gasteiger partial charge on any atom is 0.234 e. The number of anilines is 3. The number of piperidine rings is 1. The van der Waals surface area contributed by atoms with Crippen LogP contribution in [0.3, 0.4) is 0 Å². The second-order valence-corrected chi connectivity index (χ2v) is 10.0. The number of nitrogens with zero attached hydrogens (tertiary/aromatic N) is 5. The van der Waals surface area contributed by atoms with E-state index < -0.39 is 0 Å². The second kappa shape index (κ2) is 10.3. The van der Waals surface area contributed by atoms with Gasteiger partial charge in [-0.1, -0.05) is 25.6 Å². The number of amides is 1. The summed E-state index contributed by atoms with van der Waals surface area (Å²) < 4.78 is 7.65. The first-order valence-electron chi connectivity index (χ1n) is 11.3. The highest BCUT2D eigenvalue weighted by Crippen LogP contribution is 2.29. The summed E-state index contributed by atoms with van der Waals surface area (Å²) in [4.78, 5) is 16.9. The van der Waals surface area contributed by atoms with E-state index >= 15 is 0 Å². The SMILES string of the molecule is CC1CC(C)CN(c2nnc(SCC(=O)Nc3ccc(N(C)C)cc3)n2Cc2ccco2)C1. The lowest BCUT2D eigenvalue weighted by Gasteiger charge is -2.35. The zero-order valence-corrected chi connectivity index (χ0v) is 20.5. The van der Waals surface area contributed by atoms with Crippen LogP contribution in [0, 0.1) is 11.8 Å². The summed E-state index contributed by atoms with van der Waals surface area (Å²) in [7, 11) is 3.98. The van der Waals surface area contributed by atoms with Crippen molar-refractivity contribution >= 4 is 35.0 Å². The Bertz CT molecular complexity index is 1040. The molecule has 1 amide bonds. The van der Waals surface area contributed by atoms with Gasteiger partial charge in [0.15, 0.2) is 5.16 Å². The first-order valence-corrected chi connectivity index (χ1v) is 12.3. The number of carbonyl (C=O) groups is 1. The fraction of sp³-hybridized carbons (Fsp3) is 0.458. The normalized spacial score (nSPS) is 18.4. The van der Waals surface area contributed by atoms with Crippen molar-refractivity contribution in [2.24, 2.45) is 11.8 Å². The van der Waals surface area contributed by atoms with Crippen LogP contribution in [-0.2, 0) is 11.3 Å². The number of rotatable bonds is 8. The molecule has 0 radical (unpaired) electrons. The predicted octanol–water partition coefficient (Wildman–Crippen LogP) is 4.20. The van der Waals surface area contributed by atoms with E-state index in [9.17, 15) is 4.79 Å². The van der Waals surface area contributed by atoms with Gasteiger partial charge >= 0.3 is 0 Å². The molecule has 2 unspecified atom stereocenters. The number of thioether (sulfide) groups is 1. The van der Waals surface area contributed by atoms with Gasteiger partial charge in [0.1, 0.15) is 5.76 Å². The molecule has 1 aliphatic heterocycles. The van der Waals surface area contributed by atoms with Crippen LogP contribution in [0.5, 0.6) is 0 Å². The van der Waals surface area contributed by atoms with Gasteiger partial charge in [-0.2, -0.15) is 0 Å². The van der Waals surface area contributed by atoms with E-state index in [0.717, 1.165) is 36.2 Å². The molecule has 1 fully saturated rings. The van der Waals surface area contributed by atoms with Crippen LogP contribution in [0.15, 0.2) is 52.2 Å². The van der Waals surface area contributed by atoms with E-state index in [1.54, 1.807) is 6.26 Å². The van der Waals surface area contributed by atoms with Crippen molar-refractivity contribution in [3.63, 3.8) is 0 Å². The van der Waals surface area contributed by atoms with Gasteiger partial charge in [-0.25, -0.2) is 0 Å². The molecule has 176 valence electrons. The summed E-state index contributed by atoms with van der Waals surface area (Å²) in [5.74, 6) is 3.05. The summed E-state index contributed by atoms with van der Waals surface area (Å²) in [5.41, 5.74) is 1.86. The lowest BCUT2D eigenvalue weighted by Crippen LogP contribution is -2.40. The first kappa shape index (κ1) is 23.2. The van der Waals surface area contributed by atoms with Crippen LogP contribution < -0.4 is 15.1 Å². The Morgan fingerprint density at radius 1 is 1.15 bits per heavy atom. The Balaban J connectivity index is 1.46. The smallest absolute Gasteiger partial charge is 0.234 e. The number of furan rings is 1. The third-order valence-corrected chi connectivity index (χ3v) is 6.71. The number of hydrogen-bond donors (Lipinski definition) is 1. The van der Waals surface area contributed by atoms with Crippen molar-refractivity contribution in [2.45, 2.75) is 32.0 Å². The van der Waals surface area contributed by atoms with Crippen molar-refractivity contribution in [1.82, 2.24) is 14.8 Å². The Labute approximate surface area is 199 Å². The minimum Gasteiger partial charge on any atom is -0.467 e. The third kappa shape index (κ3) is 5.90. The van der Waals surface area contributed by atoms with Gasteiger partial charge in [0.25, 0.3) is 0 Å². The lowest BCUT2D eigenvalue weighted by atomic mass is 9.92. The van der Waals surface area contributed by atoms with E-state index in [1.807, 2.05) is 55.4 Å². The molecule has 4 rings (SSSR count). The Hall–Kier alpha value is -2.94. The van der Waals surface area contributed by atoms with Crippen molar-refractivity contribution in [3.8, 4) is 0 Å². The Morgan fingerprint density at radius 2 is 1.88 bits per heavy atom. The van der Waals surface area contributed by atoms with E-state index in [0.29, 0.717) is 23.5 Å². The molecule has 9 heteroatoms. The minimum atomic E-state index is -0.0769. The molecule has 1 N–H and O–H groups in total. The average Bonchev–Trinajstić information content (AvgIpc) is 3.42. The van der Waals surface area contributed by atoms with Gasteiger partial charge in [0.05, 0.1) is 18.6 Å². The highest BCUT2D eigenvalue weighted by atomic mass is 32.2. The van der Waals surface area contributed by atoms with Crippen molar-refractivity contribution in [1.29, 1.82) is 0 Å². The largest absolute Gasteiger partial charge is 0.467 e. The fourth-order valence-electron chi connectivity index (χ4n) is 4.31. The van der Waals surface area contributed by atoms with Crippen molar-refractivity contribution < 1.29 is 9.21 Å². The fourth-order valence-corrected chi connectivity index (χ4v) is 5.05. The van der Waals surface area contributed by atoms with Gasteiger partial charge in [-0.05, 0) is 54.7 Å². The van der Waals surface area contributed by atoms with Crippen LogP contribution in [0.4, 0.5) is 17.3 Å². The number of aromatic nitrogens is 3. The minimum absolute atomic E-state index is 0.0769. The summed E-state index contributed by atoms with van der Waals surface area (Å²) >= 11 is 1.39. The molecule has 1 aromatic carbocycles. The molecular formula is C24H32N6O2S. The van der Waals surface area contributed by atoms with E-state index in [2.05, 4.69) is 38.8 Å². The third-order valence-electron chi connectivity index (χ3n) is 5.74. The molecule has 1 saturated heterocycles. The van der Waals surface area contributed by atoms with Gasteiger partial charge in [0.2, 0.25) is 11.9 Å². The molecule has 1 aliphatic rings. The molecule has 0 spiro atoms. The summed E-state index contributed by atoms with van der Waals surface area (Å²) in [6.07, 6.45) is 2.90. The first-order chi connectivity index (χ1) is 15.9. The van der Waals surface area contributed by atoms with Gasteiger partial charge in [0, 0.05) is 38.6 Å². The molecular weight excluding hydrogens is 436 g/mol. The number of carbonyl (C=O) groups excluding carboxylic acids is 1. The van der Waals surface area contributed by atoms with E-state index in [1.165, 1.54) is 18.2 Å². The number of nitrogens with one attached hydrogen (secondary N) is 1. The van der Waals surface area contributed by atoms with Gasteiger partial charge in [-0.3, -0.25) is 9.36 Å². The summed E-state index contributed by atoms with van der Waals surface area (Å²) in [6.45, 7) is 7.00. The molecule has 8 nitrogen and oxygen atoms in total. The maximum atomic E-state index is 12.6. The average molecular weight is 469 g/mol. The number of hydrogen-bond acceptors (Lipinski definition) is 7. The topological polar surface area (TPSA) is 79.4 Å². The highest BCUT2D eigenvalue weighted by Gasteiger charge is 2.27. The van der Waals surface area contributed by atoms with E-state index in [4.69, 9.17) is 4.42 Å². The molecule has 3 aromatic rings. The van der Waals surface area contributed by atoms with Gasteiger partial charge < -0.3 is 19.5 Å². The molecule has 0 bridgehead atoms. The summed E-state index contributed by atoms with van der Waals surface area (Å²) in [5, 5.41) is 12.6. The Morgan fingerprint density at radius 3 is 2.52 bits per heavy atom. The van der Waals surface area contributed by atoms with Crippen molar-refractivity contribution in [3.05, 3.63) is 48.4 Å².